The second-order valence-corrected chi connectivity index (χ2v) is 5.99. The Morgan fingerprint density at radius 3 is 2.52 bits per heavy atom. The normalized spacial score (nSPS) is 10.9. The van der Waals surface area contributed by atoms with Gasteiger partial charge in [0.1, 0.15) is 24.4 Å². The summed E-state index contributed by atoms with van der Waals surface area (Å²) in [6.07, 6.45) is 2.29. The van der Waals surface area contributed by atoms with E-state index in [0.29, 0.717) is 38.0 Å². The van der Waals surface area contributed by atoms with E-state index in [2.05, 4.69) is 20.6 Å². The lowest BCUT2D eigenvalue weighted by molar-refractivity contribution is 0.322. The average molecular weight is 510 g/mol. The molecule has 0 amide bonds. The van der Waals surface area contributed by atoms with Gasteiger partial charge in [0, 0.05) is 25.6 Å². The first-order valence-electron chi connectivity index (χ1n) is 9.07. The van der Waals surface area contributed by atoms with Crippen LogP contribution in [0.15, 0.2) is 70.3 Å². The van der Waals surface area contributed by atoms with Crippen LogP contribution < -0.4 is 15.4 Å². The molecule has 8 heteroatoms. The summed E-state index contributed by atoms with van der Waals surface area (Å²) in [5.74, 6) is 1.73. The summed E-state index contributed by atoms with van der Waals surface area (Å²) in [5.41, 5.74) is 1.56. The molecular formula is C21H24FIN4O2. The molecule has 29 heavy (non-hydrogen) atoms. The number of nitrogens with zero attached hydrogens (tertiary/aromatic N) is 2. The first-order valence-corrected chi connectivity index (χ1v) is 9.07. The highest BCUT2D eigenvalue weighted by Gasteiger charge is 2.07. The maximum absolute atomic E-state index is 13.0. The third-order valence-corrected chi connectivity index (χ3v) is 3.95. The zero-order valence-corrected chi connectivity index (χ0v) is 18.4. The van der Waals surface area contributed by atoms with E-state index in [9.17, 15) is 4.39 Å². The third-order valence-electron chi connectivity index (χ3n) is 3.95. The molecule has 0 aliphatic carbocycles. The molecule has 3 aromatic rings. The number of ether oxygens (including phenoxy) is 1. The molecule has 0 spiro atoms. The van der Waals surface area contributed by atoms with Crippen LogP contribution in [0.2, 0.25) is 0 Å². The van der Waals surface area contributed by atoms with Crippen molar-refractivity contribution >= 4 is 29.9 Å². The molecule has 2 aromatic carbocycles. The van der Waals surface area contributed by atoms with Crippen LogP contribution in [-0.2, 0) is 6.42 Å². The van der Waals surface area contributed by atoms with Gasteiger partial charge in [-0.05, 0) is 36.4 Å². The van der Waals surface area contributed by atoms with Gasteiger partial charge in [-0.1, -0.05) is 18.2 Å². The van der Waals surface area contributed by atoms with Crippen LogP contribution in [0.5, 0.6) is 5.75 Å². The SMILES string of the molecule is CN=C(NCCOc1ccccc1)NCCc1coc(-c2ccc(F)cc2)n1.I. The van der Waals surface area contributed by atoms with Crippen molar-refractivity contribution in [1.82, 2.24) is 15.6 Å². The Kier molecular flexibility index (Phi) is 9.42. The Balaban J connectivity index is 0.00000300. The van der Waals surface area contributed by atoms with E-state index in [1.807, 2.05) is 30.3 Å². The maximum atomic E-state index is 13.0. The lowest BCUT2D eigenvalue weighted by atomic mass is 10.2. The van der Waals surface area contributed by atoms with Gasteiger partial charge in [-0.25, -0.2) is 9.37 Å². The quantitative estimate of drug-likeness (QED) is 0.208. The molecule has 0 aliphatic heterocycles. The molecule has 0 atom stereocenters. The standard InChI is InChI=1S/C21H23FN4O2.HI/c1-23-21(25-13-14-27-19-5-3-2-4-6-19)24-12-11-18-15-28-20(26-18)16-7-9-17(22)10-8-16;/h2-10,15H,11-14H2,1H3,(H2,23,24,25);1H. The summed E-state index contributed by atoms with van der Waals surface area (Å²) >= 11 is 0. The third kappa shape index (κ3) is 7.37. The molecule has 0 bridgehead atoms. The summed E-state index contributed by atoms with van der Waals surface area (Å²) < 4.78 is 24.1. The minimum atomic E-state index is -0.284. The van der Waals surface area contributed by atoms with E-state index >= 15 is 0 Å². The van der Waals surface area contributed by atoms with Crippen LogP contribution in [0, 0.1) is 5.82 Å². The van der Waals surface area contributed by atoms with Crippen molar-refractivity contribution < 1.29 is 13.5 Å². The Bertz CT molecular complexity index is 885. The fraction of sp³-hybridized carbons (Fsp3) is 0.238. The minimum Gasteiger partial charge on any atom is -0.492 e. The second-order valence-electron chi connectivity index (χ2n) is 5.99. The highest BCUT2D eigenvalue weighted by atomic mass is 127. The first-order chi connectivity index (χ1) is 13.7. The zero-order valence-electron chi connectivity index (χ0n) is 16.1. The Labute approximate surface area is 186 Å². The van der Waals surface area contributed by atoms with E-state index in [-0.39, 0.29) is 29.8 Å². The smallest absolute Gasteiger partial charge is 0.226 e. The van der Waals surface area contributed by atoms with Crippen molar-refractivity contribution in [2.45, 2.75) is 6.42 Å². The molecule has 1 aromatic heterocycles. The van der Waals surface area contributed by atoms with Crippen LogP contribution in [0.3, 0.4) is 0 Å². The Morgan fingerprint density at radius 2 is 1.79 bits per heavy atom. The fourth-order valence-electron chi connectivity index (χ4n) is 2.53. The number of nitrogens with one attached hydrogen (secondary N) is 2. The predicted octanol–water partition coefficient (Wildman–Crippen LogP) is 3.89. The number of rotatable bonds is 8. The first kappa shape index (κ1) is 22.7. The number of hydrogen-bond acceptors (Lipinski definition) is 4. The molecule has 0 saturated heterocycles. The minimum absolute atomic E-state index is 0. The summed E-state index contributed by atoms with van der Waals surface area (Å²) in [7, 11) is 1.72. The van der Waals surface area contributed by atoms with Gasteiger partial charge in [-0.2, -0.15) is 0 Å². The Morgan fingerprint density at radius 1 is 1.07 bits per heavy atom. The molecule has 0 saturated carbocycles. The van der Waals surface area contributed by atoms with E-state index in [1.165, 1.54) is 12.1 Å². The van der Waals surface area contributed by atoms with Gasteiger partial charge < -0.3 is 19.8 Å². The number of oxazole rings is 1. The molecule has 0 unspecified atom stereocenters. The zero-order chi connectivity index (χ0) is 19.6. The summed E-state index contributed by atoms with van der Waals surface area (Å²) in [6.45, 7) is 1.82. The number of aromatic nitrogens is 1. The topological polar surface area (TPSA) is 71.7 Å². The van der Waals surface area contributed by atoms with Crippen LogP contribution in [0.1, 0.15) is 5.69 Å². The van der Waals surface area contributed by atoms with Crippen molar-refractivity contribution in [2.75, 3.05) is 26.7 Å². The summed E-state index contributed by atoms with van der Waals surface area (Å²) in [5, 5.41) is 6.42. The lowest BCUT2D eigenvalue weighted by Gasteiger charge is -2.12. The highest BCUT2D eigenvalue weighted by Crippen LogP contribution is 2.18. The van der Waals surface area contributed by atoms with E-state index < -0.39 is 0 Å². The number of benzene rings is 2. The van der Waals surface area contributed by atoms with Crippen molar-refractivity contribution in [3.8, 4) is 17.2 Å². The lowest BCUT2D eigenvalue weighted by Crippen LogP contribution is -2.40. The maximum Gasteiger partial charge on any atom is 0.226 e. The van der Waals surface area contributed by atoms with Crippen molar-refractivity contribution in [3.05, 3.63) is 72.4 Å². The molecule has 0 aliphatic rings. The van der Waals surface area contributed by atoms with Crippen LogP contribution >= 0.6 is 24.0 Å². The molecule has 154 valence electrons. The molecule has 3 rings (SSSR count). The van der Waals surface area contributed by atoms with Crippen molar-refractivity contribution in [3.63, 3.8) is 0 Å². The van der Waals surface area contributed by atoms with Gasteiger partial charge in [-0.15, -0.1) is 24.0 Å². The second kappa shape index (κ2) is 12.1. The van der Waals surface area contributed by atoms with Crippen LogP contribution in [0.25, 0.3) is 11.5 Å². The molecular weight excluding hydrogens is 486 g/mol. The van der Waals surface area contributed by atoms with E-state index in [1.54, 1.807) is 25.4 Å². The van der Waals surface area contributed by atoms with Crippen molar-refractivity contribution in [1.29, 1.82) is 0 Å². The van der Waals surface area contributed by atoms with Gasteiger partial charge in [0.15, 0.2) is 5.96 Å². The largest absolute Gasteiger partial charge is 0.492 e. The van der Waals surface area contributed by atoms with Gasteiger partial charge in [0.2, 0.25) is 5.89 Å². The number of aliphatic imine (C=N–C) groups is 1. The number of hydrogen-bond donors (Lipinski definition) is 2. The number of halogens is 2. The Hall–Kier alpha value is -2.62. The summed E-state index contributed by atoms with van der Waals surface area (Å²) in [6, 6.07) is 15.7. The van der Waals surface area contributed by atoms with Gasteiger partial charge in [0.05, 0.1) is 12.2 Å². The number of guanidine groups is 1. The molecule has 0 fully saturated rings. The molecule has 0 radical (unpaired) electrons. The van der Waals surface area contributed by atoms with E-state index in [4.69, 9.17) is 9.15 Å². The van der Waals surface area contributed by atoms with E-state index in [0.717, 1.165) is 17.0 Å². The molecule has 1 heterocycles. The molecule has 6 nitrogen and oxygen atoms in total. The van der Waals surface area contributed by atoms with Crippen LogP contribution in [-0.4, -0.2) is 37.7 Å². The molecule has 2 N–H and O–H groups in total. The predicted molar refractivity (Wildman–Crippen MR) is 122 cm³/mol. The van der Waals surface area contributed by atoms with Gasteiger partial charge in [-0.3, -0.25) is 4.99 Å². The monoisotopic (exact) mass is 510 g/mol. The average Bonchev–Trinajstić information content (AvgIpc) is 3.20. The number of para-hydroxylation sites is 1. The van der Waals surface area contributed by atoms with Crippen LogP contribution in [0.4, 0.5) is 4.39 Å². The van der Waals surface area contributed by atoms with Gasteiger partial charge >= 0.3 is 0 Å². The summed E-state index contributed by atoms with van der Waals surface area (Å²) in [4.78, 5) is 8.62. The highest BCUT2D eigenvalue weighted by molar-refractivity contribution is 14.0. The van der Waals surface area contributed by atoms with Gasteiger partial charge in [0.25, 0.3) is 0 Å². The fourth-order valence-corrected chi connectivity index (χ4v) is 2.53. The van der Waals surface area contributed by atoms with Crippen molar-refractivity contribution in [2.24, 2.45) is 4.99 Å².